The van der Waals surface area contributed by atoms with Crippen molar-refractivity contribution in [2.24, 2.45) is 11.8 Å². The summed E-state index contributed by atoms with van der Waals surface area (Å²) in [6.45, 7) is 8.50. The molecule has 0 aliphatic rings. The maximum atomic E-state index is 5.82. The number of nitrogens with one attached hydrogen (secondary N) is 1. The van der Waals surface area contributed by atoms with E-state index in [2.05, 4.69) is 60.7 Å². The van der Waals surface area contributed by atoms with E-state index in [-0.39, 0.29) is 6.04 Å². The zero-order valence-electron chi connectivity index (χ0n) is 13.4. The van der Waals surface area contributed by atoms with Gasteiger partial charge in [-0.1, -0.05) is 38.1 Å². The number of benzene rings is 1. The molecule has 0 amide bonds. The highest BCUT2D eigenvalue weighted by molar-refractivity contribution is 5.35. The second-order valence-electron chi connectivity index (χ2n) is 6.13. The predicted octanol–water partition coefficient (Wildman–Crippen LogP) is 3.45. The summed E-state index contributed by atoms with van der Waals surface area (Å²) in [5.74, 6) is 6.47. The van der Waals surface area contributed by atoms with Gasteiger partial charge in [-0.25, -0.2) is 5.43 Å². The number of hydrazine groups is 1. The van der Waals surface area contributed by atoms with E-state index in [1.807, 2.05) is 13.8 Å². The summed E-state index contributed by atoms with van der Waals surface area (Å²) >= 11 is 0. The van der Waals surface area contributed by atoms with Crippen LogP contribution in [0, 0.1) is 19.8 Å². The lowest BCUT2D eigenvalue weighted by atomic mass is 9.94. The predicted molar refractivity (Wildman–Crippen MR) is 87.9 cm³/mol. The molecular formula is C18H25N3. The van der Waals surface area contributed by atoms with Gasteiger partial charge in [-0.3, -0.25) is 10.8 Å². The minimum atomic E-state index is -0.00230. The summed E-state index contributed by atoms with van der Waals surface area (Å²) in [7, 11) is 0. The number of hydrogen-bond donors (Lipinski definition) is 2. The van der Waals surface area contributed by atoms with Crippen LogP contribution in [-0.4, -0.2) is 4.98 Å². The van der Waals surface area contributed by atoms with Crippen LogP contribution in [0.5, 0.6) is 0 Å². The lowest BCUT2D eigenvalue weighted by Gasteiger charge is -2.19. The fourth-order valence-electron chi connectivity index (χ4n) is 2.79. The monoisotopic (exact) mass is 283 g/mol. The topological polar surface area (TPSA) is 50.9 Å². The first kappa shape index (κ1) is 15.7. The van der Waals surface area contributed by atoms with Crippen molar-refractivity contribution in [1.82, 2.24) is 10.4 Å². The van der Waals surface area contributed by atoms with E-state index < -0.39 is 0 Å². The number of rotatable bonds is 5. The van der Waals surface area contributed by atoms with Crippen LogP contribution in [0.4, 0.5) is 0 Å². The lowest BCUT2D eigenvalue weighted by molar-refractivity contribution is 0.626. The van der Waals surface area contributed by atoms with Gasteiger partial charge >= 0.3 is 0 Å². The van der Waals surface area contributed by atoms with Crippen LogP contribution in [0.3, 0.4) is 0 Å². The molecule has 0 saturated heterocycles. The maximum absolute atomic E-state index is 5.82. The van der Waals surface area contributed by atoms with Gasteiger partial charge in [-0.2, -0.15) is 0 Å². The molecular weight excluding hydrogens is 258 g/mol. The molecule has 0 aliphatic carbocycles. The maximum Gasteiger partial charge on any atom is 0.0711 e. The van der Waals surface area contributed by atoms with E-state index >= 15 is 0 Å². The average Bonchev–Trinajstić information content (AvgIpc) is 2.38. The van der Waals surface area contributed by atoms with Crippen LogP contribution in [0.2, 0.25) is 0 Å². The van der Waals surface area contributed by atoms with Crippen LogP contribution in [0.1, 0.15) is 48.0 Å². The Morgan fingerprint density at radius 2 is 1.71 bits per heavy atom. The molecule has 1 heterocycles. The van der Waals surface area contributed by atoms with E-state index in [1.165, 1.54) is 11.1 Å². The van der Waals surface area contributed by atoms with E-state index in [9.17, 15) is 0 Å². The Kier molecular flexibility index (Phi) is 5.10. The summed E-state index contributed by atoms with van der Waals surface area (Å²) in [6.07, 6.45) is 1.08. The van der Waals surface area contributed by atoms with Crippen molar-refractivity contribution in [2.45, 2.75) is 40.2 Å². The molecule has 3 heteroatoms. The standard InChI is InChI=1S/C18H25N3/c1-12(2)8-15-6-5-7-16(11-15)18(21-19)17-9-13(3)20-14(4)10-17/h5-7,9-12,18,21H,8,19H2,1-4H3. The highest BCUT2D eigenvalue weighted by Crippen LogP contribution is 2.24. The largest absolute Gasteiger partial charge is 0.271 e. The summed E-state index contributed by atoms with van der Waals surface area (Å²) < 4.78 is 0. The number of hydrogen-bond acceptors (Lipinski definition) is 3. The molecule has 112 valence electrons. The van der Waals surface area contributed by atoms with Gasteiger partial charge in [-0.05, 0) is 55.0 Å². The summed E-state index contributed by atoms with van der Waals surface area (Å²) in [4.78, 5) is 4.43. The van der Waals surface area contributed by atoms with Crippen LogP contribution in [0.25, 0.3) is 0 Å². The van der Waals surface area contributed by atoms with Gasteiger partial charge < -0.3 is 0 Å². The van der Waals surface area contributed by atoms with E-state index in [4.69, 9.17) is 5.84 Å². The number of nitrogens with two attached hydrogens (primary N) is 1. The van der Waals surface area contributed by atoms with Crippen molar-refractivity contribution in [1.29, 1.82) is 0 Å². The van der Waals surface area contributed by atoms with Crippen molar-refractivity contribution in [3.05, 3.63) is 64.5 Å². The van der Waals surface area contributed by atoms with E-state index in [0.29, 0.717) is 5.92 Å². The van der Waals surface area contributed by atoms with Crippen LogP contribution in [0.15, 0.2) is 36.4 Å². The van der Waals surface area contributed by atoms with Gasteiger partial charge in [0.25, 0.3) is 0 Å². The highest BCUT2D eigenvalue weighted by Gasteiger charge is 2.14. The molecule has 21 heavy (non-hydrogen) atoms. The molecule has 2 rings (SSSR count). The third-order valence-corrected chi connectivity index (χ3v) is 3.53. The second-order valence-corrected chi connectivity index (χ2v) is 6.13. The number of nitrogens with zero attached hydrogens (tertiary/aromatic N) is 1. The second kappa shape index (κ2) is 6.83. The zero-order valence-corrected chi connectivity index (χ0v) is 13.4. The first-order valence-corrected chi connectivity index (χ1v) is 7.49. The number of aryl methyl sites for hydroxylation is 2. The van der Waals surface area contributed by atoms with Crippen molar-refractivity contribution in [2.75, 3.05) is 0 Å². The first-order chi connectivity index (χ1) is 9.99. The Hall–Kier alpha value is -1.71. The summed E-state index contributed by atoms with van der Waals surface area (Å²) in [5, 5.41) is 0. The SMILES string of the molecule is Cc1cc(C(NN)c2cccc(CC(C)C)c2)cc(C)n1. The molecule has 0 bridgehead atoms. The normalized spacial score (nSPS) is 12.7. The summed E-state index contributed by atoms with van der Waals surface area (Å²) in [5.41, 5.74) is 8.68. The van der Waals surface area contributed by atoms with Crippen molar-refractivity contribution < 1.29 is 0 Å². The van der Waals surface area contributed by atoms with Crippen LogP contribution >= 0.6 is 0 Å². The van der Waals surface area contributed by atoms with Crippen LogP contribution < -0.4 is 11.3 Å². The molecule has 0 aliphatic heterocycles. The molecule has 1 atom stereocenters. The smallest absolute Gasteiger partial charge is 0.0711 e. The van der Waals surface area contributed by atoms with Crippen molar-refractivity contribution in [3.63, 3.8) is 0 Å². The molecule has 0 radical (unpaired) electrons. The fraction of sp³-hybridized carbons (Fsp3) is 0.389. The Balaban J connectivity index is 2.36. The summed E-state index contributed by atoms with van der Waals surface area (Å²) in [6, 6.07) is 12.8. The van der Waals surface area contributed by atoms with E-state index in [0.717, 1.165) is 23.4 Å². The Morgan fingerprint density at radius 3 is 2.29 bits per heavy atom. The van der Waals surface area contributed by atoms with Gasteiger partial charge in [0.15, 0.2) is 0 Å². The highest BCUT2D eigenvalue weighted by atomic mass is 15.2. The quantitative estimate of drug-likeness (QED) is 0.653. The van der Waals surface area contributed by atoms with Gasteiger partial charge in [0.05, 0.1) is 6.04 Å². The fourth-order valence-corrected chi connectivity index (χ4v) is 2.79. The molecule has 1 unspecified atom stereocenters. The first-order valence-electron chi connectivity index (χ1n) is 7.49. The minimum absolute atomic E-state index is 0.00230. The lowest BCUT2D eigenvalue weighted by Crippen LogP contribution is -2.29. The Morgan fingerprint density at radius 1 is 1.05 bits per heavy atom. The average molecular weight is 283 g/mol. The molecule has 1 aromatic carbocycles. The van der Waals surface area contributed by atoms with Gasteiger partial charge in [0, 0.05) is 11.4 Å². The third kappa shape index (κ3) is 4.13. The van der Waals surface area contributed by atoms with Crippen molar-refractivity contribution in [3.8, 4) is 0 Å². The van der Waals surface area contributed by atoms with Crippen molar-refractivity contribution >= 4 is 0 Å². The molecule has 3 nitrogen and oxygen atoms in total. The van der Waals surface area contributed by atoms with Gasteiger partial charge in [-0.15, -0.1) is 0 Å². The minimum Gasteiger partial charge on any atom is -0.271 e. The molecule has 0 spiro atoms. The van der Waals surface area contributed by atoms with Gasteiger partial charge in [0.1, 0.15) is 0 Å². The Labute approximate surface area is 127 Å². The number of aromatic nitrogens is 1. The molecule has 0 fully saturated rings. The molecule has 0 saturated carbocycles. The van der Waals surface area contributed by atoms with Gasteiger partial charge in [0.2, 0.25) is 0 Å². The van der Waals surface area contributed by atoms with E-state index in [1.54, 1.807) is 0 Å². The molecule has 3 N–H and O–H groups in total. The van der Waals surface area contributed by atoms with Crippen LogP contribution in [-0.2, 0) is 6.42 Å². The molecule has 2 aromatic rings. The third-order valence-electron chi connectivity index (χ3n) is 3.53. The zero-order chi connectivity index (χ0) is 15.4. The molecule has 1 aromatic heterocycles. The number of pyridine rings is 1. The Bertz CT molecular complexity index is 585.